The predicted molar refractivity (Wildman–Crippen MR) is 61.3 cm³/mol. The van der Waals surface area contributed by atoms with Crippen LogP contribution in [0.15, 0.2) is 30.5 Å². The second kappa shape index (κ2) is 3.59. The molecule has 0 radical (unpaired) electrons. The van der Waals surface area contributed by atoms with E-state index in [1.807, 2.05) is 0 Å². The summed E-state index contributed by atoms with van der Waals surface area (Å²) in [7, 11) is 0. The van der Waals surface area contributed by atoms with Gasteiger partial charge in [-0.25, -0.2) is 0 Å². The number of fused-ring (bicyclic) bond motifs is 1. The number of morpholine rings is 1. The summed E-state index contributed by atoms with van der Waals surface area (Å²) in [4.78, 5) is 5.68. The first-order valence-corrected chi connectivity index (χ1v) is 5.34. The summed E-state index contributed by atoms with van der Waals surface area (Å²) in [5, 5.41) is 1.31. The number of anilines is 1. The van der Waals surface area contributed by atoms with Crippen LogP contribution in [-0.4, -0.2) is 31.3 Å². The Kier molecular flexibility index (Phi) is 2.10. The first-order valence-electron chi connectivity index (χ1n) is 5.34. The van der Waals surface area contributed by atoms with Crippen molar-refractivity contribution in [1.29, 1.82) is 0 Å². The zero-order valence-electron chi connectivity index (χ0n) is 8.57. The van der Waals surface area contributed by atoms with Crippen LogP contribution in [0.1, 0.15) is 0 Å². The van der Waals surface area contributed by atoms with Crippen LogP contribution in [0.25, 0.3) is 10.9 Å². The van der Waals surface area contributed by atoms with Crippen molar-refractivity contribution in [1.82, 2.24) is 4.98 Å². The molecule has 15 heavy (non-hydrogen) atoms. The van der Waals surface area contributed by atoms with E-state index >= 15 is 0 Å². The van der Waals surface area contributed by atoms with Crippen molar-refractivity contribution in [2.45, 2.75) is 0 Å². The van der Waals surface area contributed by atoms with Crippen molar-refractivity contribution in [3.63, 3.8) is 0 Å². The first-order chi connectivity index (χ1) is 7.45. The number of H-pyrrole nitrogens is 1. The molecule has 78 valence electrons. The van der Waals surface area contributed by atoms with Crippen molar-refractivity contribution in [3.8, 4) is 0 Å². The molecule has 2 aromatic rings. The maximum atomic E-state index is 5.36. The molecule has 3 nitrogen and oxygen atoms in total. The summed E-state index contributed by atoms with van der Waals surface area (Å²) in [6.45, 7) is 3.64. The number of aromatic amines is 1. The van der Waals surface area contributed by atoms with Gasteiger partial charge in [-0.1, -0.05) is 18.2 Å². The highest BCUT2D eigenvalue weighted by Crippen LogP contribution is 2.26. The molecule has 1 saturated heterocycles. The van der Waals surface area contributed by atoms with Crippen LogP contribution >= 0.6 is 0 Å². The van der Waals surface area contributed by atoms with Gasteiger partial charge in [0.2, 0.25) is 0 Å². The fourth-order valence-electron chi connectivity index (χ4n) is 2.12. The Morgan fingerprint density at radius 2 is 1.93 bits per heavy atom. The Bertz CT molecular complexity index is 457. The molecule has 0 spiro atoms. The zero-order valence-corrected chi connectivity index (χ0v) is 8.57. The first kappa shape index (κ1) is 8.80. The minimum Gasteiger partial charge on any atom is -0.378 e. The van der Waals surface area contributed by atoms with Gasteiger partial charge in [0.1, 0.15) is 0 Å². The van der Waals surface area contributed by atoms with Crippen LogP contribution in [0, 0.1) is 0 Å². The molecule has 0 aliphatic carbocycles. The van der Waals surface area contributed by atoms with Gasteiger partial charge >= 0.3 is 0 Å². The van der Waals surface area contributed by atoms with Crippen LogP contribution in [0.4, 0.5) is 5.69 Å². The minimum absolute atomic E-state index is 0.833. The number of nitrogens with zero attached hydrogens (tertiary/aromatic N) is 1. The van der Waals surface area contributed by atoms with Gasteiger partial charge in [0.25, 0.3) is 0 Å². The Balaban J connectivity index is 2.02. The topological polar surface area (TPSA) is 28.3 Å². The molecule has 1 fully saturated rings. The van der Waals surface area contributed by atoms with Gasteiger partial charge in [0.15, 0.2) is 0 Å². The zero-order chi connectivity index (χ0) is 10.1. The molecule has 0 amide bonds. The highest BCUT2D eigenvalue weighted by molar-refractivity contribution is 5.92. The fourth-order valence-corrected chi connectivity index (χ4v) is 2.12. The van der Waals surface area contributed by atoms with Gasteiger partial charge in [0.05, 0.1) is 18.9 Å². The molecule has 0 saturated carbocycles. The number of rotatable bonds is 1. The molecule has 3 rings (SSSR count). The SMILES string of the molecule is c1ccc2c(N3CCOCC3)c[nH]c2c1. The van der Waals surface area contributed by atoms with E-state index in [0.29, 0.717) is 0 Å². The van der Waals surface area contributed by atoms with Crippen molar-refractivity contribution in [2.24, 2.45) is 0 Å². The smallest absolute Gasteiger partial charge is 0.0642 e. The minimum atomic E-state index is 0.833. The molecular formula is C12H14N2O. The molecule has 3 heteroatoms. The van der Waals surface area contributed by atoms with Crippen molar-refractivity contribution in [2.75, 3.05) is 31.2 Å². The Morgan fingerprint density at radius 3 is 2.80 bits per heavy atom. The van der Waals surface area contributed by atoms with E-state index in [4.69, 9.17) is 4.74 Å². The molecule has 0 unspecified atom stereocenters. The van der Waals surface area contributed by atoms with E-state index in [9.17, 15) is 0 Å². The van der Waals surface area contributed by atoms with Gasteiger partial charge in [0, 0.05) is 30.2 Å². The van der Waals surface area contributed by atoms with Crippen LogP contribution in [-0.2, 0) is 4.74 Å². The number of aromatic nitrogens is 1. The lowest BCUT2D eigenvalue weighted by Crippen LogP contribution is -2.36. The summed E-state index contributed by atoms with van der Waals surface area (Å²) in [5.74, 6) is 0. The second-order valence-electron chi connectivity index (χ2n) is 3.82. The average Bonchev–Trinajstić information content (AvgIpc) is 2.74. The van der Waals surface area contributed by atoms with Crippen LogP contribution < -0.4 is 4.90 Å². The average molecular weight is 202 g/mol. The van der Waals surface area contributed by atoms with Crippen LogP contribution in [0.3, 0.4) is 0 Å². The summed E-state index contributed by atoms with van der Waals surface area (Å²) in [5.41, 5.74) is 2.51. The largest absolute Gasteiger partial charge is 0.378 e. The summed E-state index contributed by atoms with van der Waals surface area (Å²) < 4.78 is 5.36. The maximum Gasteiger partial charge on any atom is 0.0642 e. The number of para-hydroxylation sites is 1. The quantitative estimate of drug-likeness (QED) is 0.766. The molecule has 1 N–H and O–H groups in total. The number of nitrogens with one attached hydrogen (secondary N) is 1. The van der Waals surface area contributed by atoms with Crippen LogP contribution in [0.2, 0.25) is 0 Å². The van der Waals surface area contributed by atoms with Gasteiger partial charge in [-0.15, -0.1) is 0 Å². The molecule has 1 aromatic heterocycles. The third kappa shape index (κ3) is 1.49. The summed E-state index contributed by atoms with van der Waals surface area (Å²) >= 11 is 0. The van der Waals surface area contributed by atoms with E-state index in [0.717, 1.165) is 26.3 Å². The Morgan fingerprint density at radius 1 is 1.13 bits per heavy atom. The second-order valence-corrected chi connectivity index (χ2v) is 3.82. The van der Waals surface area contributed by atoms with Crippen molar-refractivity contribution in [3.05, 3.63) is 30.5 Å². The monoisotopic (exact) mass is 202 g/mol. The van der Waals surface area contributed by atoms with E-state index < -0.39 is 0 Å². The number of benzene rings is 1. The summed E-state index contributed by atoms with van der Waals surface area (Å²) in [6, 6.07) is 8.41. The molecule has 2 heterocycles. The molecule has 1 aromatic carbocycles. The predicted octanol–water partition coefficient (Wildman–Crippen LogP) is 2.00. The van der Waals surface area contributed by atoms with Gasteiger partial charge in [-0.05, 0) is 6.07 Å². The number of ether oxygens (including phenoxy) is 1. The molecular weight excluding hydrogens is 188 g/mol. The van der Waals surface area contributed by atoms with Gasteiger partial charge in [-0.2, -0.15) is 0 Å². The lowest BCUT2D eigenvalue weighted by atomic mass is 10.2. The molecule has 1 aliphatic rings. The lowest BCUT2D eigenvalue weighted by Gasteiger charge is -2.28. The molecule has 0 atom stereocenters. The molecule has 1 aliphatic heterocycles. The normalized spacial score (nSPS) is 17.2. The third-order valence-corrected chi connectivity index (χ3v) is 2.92. The van der Waals surface area contributed by atoms with Gasteiger partial charge < -0.3 is 14.6 Å². The Hall–Kier alpha value is -1.48. The number of hydrogen-bond acceptors (Lipinski definition) is 2. The highest BCUT2D eigenvalue weighted by atomic mass is 16.5. The Labute approximate surface area is 88.6 Å². The van der Waals surface area contributed by atoms with Crippen LogP contribution in [0.5, 0.6) is 0 Å². The van der Waals surface area contributed by atoms with Gasteiger partial charge in [-0.3, -0.25) is 0 Å². The van der Waals surface area contributed by atoms with E-state index in [-0.39, 0.29) is 0 Å². The van der Waals surface area contributed by atoms with Crippen molar-refractivity contribution >= 4 is 16.6 Å². The van der Waals surface area contributed by atoms with E-state index in [1.165, 1.54) is 16.6 Å². The third-order valence-electron chi connectivity index (χ3n) is 2.92. The van der Waals surface area contributed by atoms with E-state index in [1.54, 1.807) is 0 Å². The highest BCUT2D eigenvalue weighted by Gasteiger charge is 2.14. The van der Waals surface area contributed by atoms with Crippen molar-refractivity contribution < 1.29 is 4.74 Å². The van der Waals surface area contributed by atoms with E-state index in [2.05, 4.69) is 40.3 Å². The maximum absolute atomic E-state index is 5.36. The standard InChI is InChI=1S/C12H14N2O/c1-2-4-11-10(3-1)12(9-13-11)14-5-7-15-8-6-14/h1-4,9,13H,5-8H2. The lowest BCUT2D eigenvalue weighted by molar-refractivity contribution is 0.123. The fraction of sp³-hybridized carbons (Fsp3) is 0.333. The summed E-state index contributed by atoms with van der Waals surface area (Å²) in [6.07, 6.45) is 2.09. The number of hydrogen-bond donors (Lipinski definition) is 1. The molecule has 0 bridgehead atoms.